The van der Waals surface area contributed by atoms with Gasteiger partial charge in [0.25, 0.3) is 5.91 Å². The summed E-state index contributed by atoms with van der Waals surface area (Å²) in [7, 11) is 0. The van der Waals surface area contributed by atoms with Gasteiger partial charge >= 0.3 is 18.6 Å². The van der Waals surface area contributed by atoms with Gasteiger partial charge in [0.15, 0.2) is 0 Å². The van der Waals surface area contributed by atoms with Crippen molar-refractivity contribution in [2.45, 2.75) is 12.5 Å². The molecule has 1 aromatic carbocycles. The minimum Gasteiger partial charge on any atom is -0.428 e. The number of anilines is 1. The molecule has 0 saturated heterocycles. The van der Waals surface area contributed by atoms with Crippen molar-refractivity contribution in [3.63, 3.8) is 0 Å². The molecule has 0 bridgehead atoms. The smallest absolute Gasteiger partial charge is 0.428 e. The van der Waals surface area contributed by atoms with Crippen LogP contribution in [-0.4, -0.2) is 35.4 Å². The summed E-state index contributed by atoms with van der Waals surface area (Å²) in [5.74, 6) is -1.87. The fraction of sp³-hybridized carbons (Fsp3) is 0.167. The average Bonchev–Trinajstić information content (AvgIpc) is 2.50. The van der Waals surface area contributed by atoms with E-state index < -0.39 is 35.9 Å². The second-order valence-electron chi connectivity index (χ2n) is 3.96. The fourth-order valence-corrected chi connectivity index (χ4v) is 1.25. The van der Waals surface area contributed by atoms with E-state index in [9.17, 15) is 27.2 Å². The SMILES string of the molecule is N#CC(=NO)C(=O)NC(=O)Nc1ccc(OC(F)(F)C(F)F)cc1. The third-order valence-corrected chi connectivity index (χ3v) is 2.27. The minimum atomic E-state index is -4.67. The summed E-state index contributed by atoms with van der Waals surface area (Å²) >= 11 is 0. The number of nitriles is 1. The lowest BCUT2D eigenvalue weighted by Crippen LogP contribution is -2.38. The van der Waals surface area contributed by atoms with Gasteiger partial charge in [-0.2, -0.15) is 22.8 Å². The highest BCUT2D eigenvalue weighted by Gasteiger charge is 2.43. The molecule has 24 heavy (non-hydrogen) atoms. The van der Waals surface area contributed by atoms with Gasteiger partial charge in [0.1, 0.15) is 11.8 Å². The van der Waals surface area contributed by atoms with Gasteiger partial charge < -0.3 is 15.3 Å². The van der Waals surface area contributed by atoms with Gasteiger partial charge in [0.05, 0.1) is 0 Å². The molecule has 3 amide bonds. The van der Waals surface area contributed by atoms with Gasteiger partial charge in [-0.15, -0.1) is 0 Å². The Hall–Kier alpha value is -3.36. The third kappa shape index (κ3) is 5.13. The number of oxime groups is 1. The number of alkyl halides is 4. The lowest BCUT2D eigenvalue weighted by molar-refractivity contribution is -0.253. The second-order valence-corrected chi connectivity index (χ2v) is 3.96. The van der Waals surface area contributed by atoms with Crippen molar-refractivity contribution in [3.05, 3.63) is 24.3 Å². The van der Waals surface area contributed by atoms with Crippen molar-refractivity contribution in [1.29, 1.82) is 5.26 Å². The number of halogens is 4. The molecule has 0 heterocycles. The summed E-state index contributed by atoms with van der Waals surface area (Å²) in [6, 6.07) is 3.92. The Morgan fingerprint density at radius 2 is 1.88 bits per heavy atom. The van der Waals surface area contributed by atoms with Crippen LogP contribution in [-0.2, 0) is 4.79 Å². The van der Waals surface area contributed by atoms with E-state index in [1.807, 2.05) is 0 Å². The van der Waals surface area contributed by atoms with Crippen LogP contribution < -0.4 is 15.4 Å². The summed E-state index contributed by atoms with van der Waals surface area (Å²) in [6.07, 6.45) is -8.69. The molecule has 8 nitrogen and oxygen atoms in total. The number of imide groups is 1. The molecule has 0 aliphatic carbocycles. The van der Waals surface area contributed by atoms with E-state index in [1.165, 1.54) is 6.07 Å². The topological polar surface area (TPSA) is 124 Å². The molecule has 0 radical (unpaired) electrons. The van der Waals surface area contributed by atoms with Gasteiger partial charge in [-0.1, -0.05) is 5.16 Å². The maximum Gasteiger partial charge on any atom is 0.461 e. The molecule has 128 valence electrons. The molecule has 0 fully saturated rings. The Bertz CT molecular complexity index is 685. The van der Waals surface area contributed by atoms with Gasteiger partial charge in [0.2, 0.25) is 5.71 Å². The van der Waals surface area contributed by atoms with Crippen molar-refractivity contribution in [3.8, 4) is 11.8 Å². The maximum absolute atomic E-state index is 12.7. The molecule has 0 aliphatic rings. The highest BCUT2D eigenvalue weighted by Crippen LogP contribution is 2.28. The molecule has 12 heteroatoms. The van der Waals surface area contributed by atoms with Crippen LogP contribution in [0.2, 0.25) is 0 Å². The highest BCUT2D eigenvalue weighted by molar-refractivity contribution is 6.47. The molecule has 0 atom stereocenters. The van der Waals surface area contributed by atoms with Crippen LogP contribution in [0.25, 0.3) is 0 Å². The molecule has 0 unspecified atom stereocenters. The quantitative estimate of drug-likeness (QED) is 0.325. The van der Waals surface area contributed by atoms with Gasteiger partial charge in [-0.3, -0.25) is 10.1 Å². The van der Waals surface area contributed by atoms with Crippen LogP contribution in [0.4, 0.5) is 28.0 Å². The number of hydrogen-bond donors (Lipinski definition) is 3. The van der Waals surface area contributed by atoms with Crippen molar-refractivity contribution in [2.75, 3.05) is 5.32 Å². The number of nitrogens with one attached hydrogen (secondary N) is 2. The standard InChI is InChI=1S/C12H8F4N4O4/c13-10(14)12(15,16)24-7-3-1-6(2-4-7)18-11(22)19-9(21)8(5-17)20-23/h1-4,10,23H,(H2,18,19,21,22). The number of nitrogens with zero attached hydrogens (tertiary/aromatic N) is 2. The van der Waals surface area contributed by atoms with Crippen LogP contribution in [0.3, 0.4) is 0 Å². The summed E-state index contributed by atoms with van der Waals surface area (Å²) in [5, 5.41) is 22.8. The monoisotopic (exact) mass is 348 g/mol. The lowest BCUT2D eigenvalue weighted by atomic mass is 10.3. The van der Waals surface area contributed by atoms with Crippen LogP contribution in [0.15, 0.2) is 29.4 Å². The Balaban J connectivity index is 2.66. The first-order chi connectivity index (χ1) is 11.2. The highest BCUT2D eigenvalue weighted by atomic mass is 19.3. The van der Waals surface area contributed by atoms with E-state index in [4.69, 9.17) is 10.5 Å². The van der Waals surface area contributed by atoms with Crippen LogP contribution in [0.1, 0.15) is 0 Å². The minimum absolute atomic E-state index is 0.00698. The van der Waals surface area contributed by atoms with Crippen molar-refractivity contribution in [1.82, 2.24) is 5.32 Å². The second kappa shape index (κ2) is 7.77. The molecule has 0 saturated carbocycles. The first kappa shape index (κ1) is 18.7. The Morgan fingerprint density at radius 1 is 1.29 bits per heavy atom. The number of hydrogen-bond acceptors (Lipinski definition) is 6. The Labute approximate surface area is 131 Å². The number of ether oxygens (including phenoxy) is 1. The van der Waals surface area contributed by atoms with E-state index in [1.54, 1.807) is 5.32 Å². The molecule has 0 aromatic heterocycles. The zero-order valence-electron chi connectivity index (χ0n) is 11.5. The molecule has 1 aromatic rings. The predicted molar refractivity (Wildman–Crippen MR) is 70.0 cm³/mol. The lowest BCUT2D eigenvalue weighted by Gasteiger charge is -2.16. The molecular formula is C12H8F4N4O4. The fourth-order valence-electron chi connectivity index (χ4n) is 1.25. The molecule has 3 N–H and O–H groups in total. The molecular weight excluding hydrogens is 340 g/mol. The van der Waals surface area contributed by atoms with E-state index >= 15 is 0 Å². The first-order valence-corrected chi connectivity index (χ1v) is 5.89. The van der Waals surface area contributed by atoms with Crippen molar-refractivity contribution >= 4 is 23.3 Å². The van der Waals surface area contributed by atoms with Crippen molar-refractivity contribution in [2.24, 2.45) is 5.16 Å². The summed E-state index contributed by atoms with van der Waals surface area (Å²) in [6.45, 7) is 0. The number of rotatable bonds is 5. The average molecular weight is 348 g/mol. The predicted octanol–water partition coefficient (Wildman–Crippen LogP) is 1.93. The molecule has 0 aliphatic heterocycles. The number of benzene rings is 1. The van der Waals surface area contributed by atoms with E-state index in [2.05, 4.69) is 15.2 Å². The normalized spacial score (nSPS) is 11.6. The molecule has 1 rings (SSSR count). The van der Waals surface area contributed by atoms with Crippen LogP contribution in [0, 0.1) is 11.3 Å². The Kier molecular flexibility index (Phi) is 6.05. The summed E-state index contributed by atoms with van der Waals surface area (Å²) in [5.41, 5.74) is -0.976. The van der Waals surface area contributed by atoms with E-state index in [-0.39, 0.29) is 5.69 Å². The number of amides is 3. The largest absolute Gasteiger partial charge is 0.461 e. The zero-order valence-corrected chi connectivity index (χ0v) is 11.5. The molecule has 0 spiro atoms. The number of carbonyl (C=O) groups is 2. The first-order valence-electron chi connectivity index (χ1n) is 5.89. The maximum atomic E-state index is 12.7. The van der Waals surface area contributed by atoms with Gasteiger partial charge in [-0.05, 0) is 24.3 Å². The van der Waals surface area contributed by atoms with E-state index in [0.717, 1.165) is 24.3 Å². The van der Waals surface area contributed by atoms with Crippen LogP contribution >= 0.6 is 0 Å². The Morgan fingerprint density at radius 3 is 2.33 bits per heavy atom. The van der Waals surface area contributed by atoms with Crippen molar-refractivity contribution < 1.29 is 37.1 Å². The number of urea groups is 1. The summed E-state index contributed by atoms with van der Waals surface area (Å²) in [4.78, 5) is 22.6. The third-order valence-electron chi connectivity index (χ3n) is 2.27. The van der Waals surface area contributed by atoms with Crippen LogP contribution in [0.5, 0.6) is 5.75 Å². The van der Waals surface area contributed by atoms with Gasteiger partial charge in [-0.25, -0.2) is 4.79 Å². The van der Waals surface area contributed by atoms with E-state index in [0.29, 0.717) is 0 Å². The number of carbonyl (C=O) groups excluding carboxylic acids is 2. The zero-order chi connectivity index (χ0) is 18.3. The summed E-state index contributed by atoms with van der Waals surface area (Å²) < 4.78 is 53.1. The van der Waals surface area contributed by atoms with Gasteiger partial charge in [0, 0.05) is 5.69 Å².